The highest BCUT2D eigenvalue weighted by molar-refractivity contribution is 5.56. The maximum Gasteiger partial charge on any atom is 0.0399 e. The van der Waals surface area contributed by atoms with Crippen LogP contribution in [-0.2, 0) is 6.42 Å². The van der Waals surface area contributed by atoms with E-state index in [-0.39, 0.29) is 0 Å². The summed E-state index contributed by atoms with van der Waals surface area (Å²) in [5.74, 6) is 0. The van der Waals surface area contributed by atoms with Crippen molar-refractivity contribution in [1.82, 2.24) is 5.32 Å². The molecule has 1 aliphatic rings. The molecule has 2 heteroatoms. The molecule has 0 bridgehead atoms. The molecule has 0 saturated heterocycles. The summed E-state index contributed by atoms with van der Waals surface area (Å²) in [5, 5.41) is 3.58. The van der Waals surface area contributed by atoms with Gasteiger partial charge in [-0.25, -0.2) is 0 Å². The predicted molar refractivity (Wildman–Crippen MR) is 79.5 cm³/mol. The number of nitrogens with zero attached hydrogens (tertiary/aromatic N) is 1. The normalized spacial score (nSPS) is 16.5. The molecule has 1 aliphatic heterocycles. The van der Waals surface area contributed by atoms with Gasteiger partial charge in [-0.1, -0.05) is 24.6 Å². The minimum atomic E-state index is 0.632. The van der Waals surface area contributed by atoms with Gasteiger partial charge in [-0.3, -0.25) is 0 Å². The number of anilines is 1. The van der Waals surface area contributed by atoms with Gasteiger partial charge in [0, 0.05) is 31.4 Å². The summed E-state index contributed by atoms with van der Waals surface area (Å²) in [6.07, 6.45) is 3.74. The van der Waals surface area contributed by atoms with Crippen molar-refractivity contribution in [3.05, 3.63) is 29.3 Å². The minimum Gasteiger partial charge on any atom is -0.370 e. The van der Waals surface area contributed by atoms with Gasteiger partial charge in [-0.05, 0) is 44.7 Å². The van der Waals surface area contributed by atoms with Crippen LogP contribution in [0.4, 0.5) is 5.69 Å². The summed E-state index contributed by atoms with van der Waals surface area (Å²) in [7, 11) is 0. The van der Waals surface area contributed by atoms with Crippen molar-refractivity contribution in [2.75, 3.05) is 24.5 Å². The van der Waals surface area contributed by atoms with Crippen LogP contribution in [0.25, 0.3) is 0 Å². The Labute approximate surface area is 111 Å². The number of hydrogen-bond donors (Lipinski definition) is 1. The lowest BCUT2D eigenvalue weighted by Gasteiger charge is -2.32. The molecule has 2 rings (SSSR count). The molecule has 1 atom stereocenters. The third-order valence-corrected chi connectivity index (χ3v) is 3.94. The highest BCUT2D eigenvalue weighted by Crippen LogP contribution is 2.27. The van der Waals surface area contributed by atoms with Gasteiger partial charge in [0.15, 0.2) is 0 Å². The van der Waals surface area contributed by atoms with Gasteiger partial charge in [-0.15, -0.1) is 0 Å². The molecule has 0 fully saturated rings. The molecule has 1 unspecified atom stereocenters. The first-order chi connectivity index (χ1) is 8.70. The van der Waals surface area contributed by atoms with Gasteiger partial charge >= 0.3 is 0 Å². The molecule has 0 radical (unpaired) electrons. The Hall–Kier alpha value is -1.02. The summed E-state index contributed by atoms with van der Waals surface area (Å²) in [6.45, 7) is 10.1. The molecule has 0 amide bonds. The Morgan fingerprint density at radius 1 is 1.39 bits per heavy atom. The Morgan fingerprint density at radius 2 is 2.22 bits per heavy atom. The number of aryl methyl sites for hydroxylation is 2. The van der Waals surface area contributed by atoms with E-state index in [9.17, 15) is 0 Å². The molecule has 0 saturated carbocycles. The quantitative estimate of drug-likeness (QED) is 0.858. The molecule has 100 valence electrons. The number of hydrogen-bond acceptors (Lipinski definition) is 2. The van der Waals surface area contributed by atoms with E-state index >= 15 is 0 Å². The zero-order valence-corrected chi connectivity index (χ0v) is 12.0. The summed E-state index contributed by atoms with van der Waals surface area (Å²) >= 11 is 0. The van der Waals surface area contributed by atoms with Crippen LogP contribution in [0.1, 0.15) is 37.8 Å². The fraction of sp³-hybridized carbons (Fsp3) is 0.625. The molecular formula is C16H26N2. The number of benzene rings is 1. The average Bonchev–Trinajstić information content (AvgIpc) is 2.38. The van der Waals surface area contributed by atoms with Crippen LogP contribution in [-0.4, -0.2) is 25.7 Å². The van der Waals surface area contributed by atoms with Gasteiger partial charge in [-0.2, -0.15) is 0 Å². The molecule has 1 aromatic rings. The van der Waals surface area contributed by atoms with Gasteiger partial charge in [0.1, 0.15) is 0 Å². The average molecular weight is 246 g/mol. The fourth-order valence-corrected chi connectivity index (χ4v) is 2.63. The lowest BCUT2D eigenvalue weighted by Crippen LogP contribution is -2.38. The van der Waals surface area contributed by atoms with Crippen molar-refractivity contribution >= 4 is 5.69 Å². The molecule has 2 nitrogen and oxygen atoms in total. The van der Waals surface area contributed by atoms with E-state index in [0.717, 1.165) is 13.1 Å². The van der Waals surface area contributed by atoms with Crippen LogP contribution < -0.4 is 10.2 Å². The van der Waals surface area contributed by atoms with E-state index in [4.69, 9.17) is 0 Å². The number of nitrogens with one attached hydrogen (secondary N) is 1. The zero-order valence-electron chi connectivity index (χ0n) is 12.0. The second kappa shape index (κ2) is 6.24. The molecule has 1 heterocycles. The van der Waals surface area contributed by atoms with Crippen LogP contribution in [0, 0.1) is 6.92 Å². The Morgan fingerprint density at radius 3 is 3.00 bits per heavy atom. The smallest absolute Gasteiger partial charge is 0.0399 e. The summed E-state index contributed by atoms with van der Waals surface area (Å²) in [5.41, 5.74) is 4.37. The first-order valence-electron chi connectivity index (χ1n) is 7.28. The first kappa shape index (κ1) is 13.4. The fourth-order valence-electron chi connectivity index (χ4n) is 2.63. The van der Waals surface area contributed by atoms with Crippen molar-refractivity contribution in [3.63, 3.8) is 0 Å². The van der Waals surface area contributed by atoms with Gasteiger partial charge in [0.05, 0.1) is 0 Å². The molecule has 18 heavy (non-hydrogen) atoms. The van der Waals surface area contributed by atoms with E-state index < -0.39 is 0 Å². The number of rotatable bonds is 5. The van der Waals surface area contributed by atoms with Gasteiger partial charge in [0.25, 0.3) is 0 Å². The highest BCUT2D eigenvalue weighted by Gasteiger charge is 2.16. The molecule has 0 aliphatic carbocycles. The van der Waals surface area contributed by atoms with E-state index in [2.05, 4.69) is 49.2 Å². The van der Waals surface area contributed by atoms with Crippen molar-refractivity contribution in [1.29, 1.82) is 0 Å². The van der Waals surface area contributed by atoms with Crippen LogP contribution in [0.2, 0.25) is 0 Å². The van der Waals surface area contributed by atoms with Crippen LogP contribution in [0.3, 0.4) is 0 Å². The summed E-state index contributed by atoms with van der Waals surface area (Å²) < 4.78 is 0. The predicted octanol–water partition coefficient (Wildman–Crippen LogP) is 3.14. The largest absolute Gasteiger partial charge is 0.370 e. The topological polar surface area (TPSA) is 15.3 Å². The molecule has 0 aromatic heterocycles. The minimum absolute atomic E-state index is 0.632. The Balaban J connectivity index is 1.95. The first-order valence-corrected chi connectivity index (χ1v) is 7.28. The third kappa shape index (κ3) is 3.26. The van der Waals surface area contributed by atoms with Crippen molar-refractivity contribution < 1.29 is 0 Å². The van der Waals surface area contributed by atoms with Crippen molar-refractivity contribution in [2.45, 2.75) is 46.1 Å². The third-order valence-electron chi connectivity index (χ3n) is 3.94. The molecule has 1 N–H and O–H groups in total. The summed E-state index contributed by atoms with van der Waals surface area (Å²) in [6, 6.07) is 7.52. The standard InChI is InChI=1S/C16H26N2/c1-4-14(3)17-9-11-18-10-5-6-15-12-13(2)7-8-16(15)18/h7-8,12,14,17H,4-6,9-11H2,1-3H3. The zero-order chi connectivity index (χ0) is 13.0. The maximum atomic E-state index is 3.58. The Bertz CT molecular complexity index is 387. The monoisotopic (exact) mass is 246 g/mol. The lowest BCUT2D eigenvalue weighted by molar-refractivity contribution is 0.529. The van der Waals surface area contributed by atoms with Crippen LogP contribution >= 0.6 is 0 Å². The SMILES string of the molecule is CCC(C)NCCN1CCCc2cc(C)ccc21. The molecular weight excluding hydrogens is 220 g/mol. The lowest BCUT2D eigenvalue weighted by atomic mass is 9.99. The van der Waals surface area contributed by atoms with Crippen LogP contribution in [0.15, 0.2) is 18.2 Å². The van der Waals surface area contributed by atoms with E-state index in [1.165, 1.54) is 42.6 Å². The number of fused-ring (bicyclic) bond motifs is 1. The molecule has 0 spiro atoms. The van der Waals surface area contributed by atoms with Gasteiger partial charge in [0.2, 0.25) is 0 Å². The highest BCUT2D eigenvalue weighted by atomic mass is 15.2. The Kier molecular flexibility index (Phi) is 4.65. The van der Waals surface area contributed by atoms with Crippen LogP contribution in [0.5, 0.6) is 0 Å². The maximum absolute atomic E-state index is 3.58. The van der Waals surface area contributed by atoms with Crippen molar-refractivity contribution in [2.24, 2.45) is 0 Å². The molecule has 1 aromatic carbocycles. The van der Waals surface area contributed by atoms with E-state index in [1.807, 2.05) is 0 Å². The second-order valence-corrected chi connectivity index (χ2v) is 5.49. The van der Waals surface area contributed by atoms with Gasteiger partial charge < -0.3 is 10.2 Å². The summed E-state index contributed by atoms with van der Waals surface area (Å²) in [4.78, 5) is 2.54. The van der Waals surface area contributed by atoms with E-state index in [0.29, 0.717) is 6.04 Å². The van der Waals surface area contributed by atoms with Crippen molar-refractivity contribution in [3.8, 4) is 0 Å². The second-order valence-electron chi connectivity index (χ2n) is 5.49. The van der Waals surface area contributed by atoms with E-state index in [1.54, 1.807) is 0 Å².